The highest BCUT2D eigenvalue weighted by Gasteiger charge is 2.42. The molecule has 1 aromatic carbocycles. The van der Waals surface area contributed by atoms with Crippen LogP contribution in [0.5, 0.6) is 0 Å². The summed E-state index contributed by atoms with van der Waals surface area (Å²) in [6.45, 7) is 2.89. The third kappa shape index (κ3) is 6.49. The van der Waals surface area contributed by atoms with Gasteiger partial charge in [-0.1, -0.05) is 11.8 Å². The molecule has 0 unspecified atom stereocenters. The van der Waals surface area contributed by atoms with E-state index >= 15 is 0 Å². The maximum Gasteiger partial charge on any atom is 0.342 e. The van der Waals surface area contributed by atoms with Gasteiger partial charge >= 0.3 is 5.97 Å². The van der Waals surface area contributed by atoms with Gasteiger partial charge in [0.25, 0.3) is 0 Å². The normalized spacial score (nSPS) is 18.1. The van der Waals surface area contributed by atoms with E-state index in [-0.39, 0.29) is 43.1 Å². The number of hydrogen-bond donors (Lipinski definition) is 5. The number of hydrogen-bond acceptors (Lipinski definition) is 8. The van der Waals surface area contributed by atoms with Gasteiger partial charge in [-0.25, -0.2) is 4.79 Å². The minimum atomic E-state index is -1.33. The maximum atomic E-state index is 13.3. The Morgan fingerprint density at radius 3 is 2.40 bits per heavy atom. The van der Waals surface area contributed by atoms with Gasteiger partial charge in [0.05, 0.1) is 18.8 Å². The van der Waals surface area contributed by atoms with Gasteiger partial charge in [-0.2, -0.15) is 0 Å². The van der Waals surface area contributed by atoms with Crippen molar-refractivity contribution in [2.24, 2.45) is 0 Å². The highest BCUT2D eigenvalue weighted by Crippen LogP contribution is 2.44. The first-order valence-corrected chi connectivity index (χ1v) is 14.0. The number of carbonyl (C=O) groups is 3. The number of aliphatic hydroxyl groups excluding tert-OH is 1. The van der Waals surface area contributed by atoms with Crippen molar-refractivity contribution in [1.29, 1.82) is 0 Å². The van der Waals surface area contributed by atoms with E-state index in [9.17, 15) is 24.6 Å². The molecule has 10 heteroatoms. The lowest BCUT2D eigenvalue weighted by Gasteiger charge is -2.20. The number of ether oxygens (including phenoxy) is 1. The fraction of sp³-hybridized carbons (Fsp3) is 0.567. The number of furan rings is 1. The van der Waals surface area contributed by atoms with Crippen LogP contribution in [-0.2, 0) is 26.3 Å². The Balaban J connectivity index is 1.89. The van der Waals surface area contributed by atoms with Gasteiger partial charge < -0.3 is 35.1 Å². The first kappa shape index (κ1) is 29.6. The predicted molar refractivity (Wildman–Crippen MR) is 146 cm³/mol. The van der Waals surface area contributed by atoms with Crippen LogP contribution in [0.15, 0.2) is 16.5 Å². The summed E-state index contributed by atoms with van der Waals surface area (Å²) < 4.78 is 11.6. The van der Waals surface area contributed by atoms with Crippen LogP contribution in [0.4, 0.5) is 0 Å². The van der Waals surface area contributed by atoms with Gasteiger partial charge in [0.15, 0.2) is 11.3 Å². The molecule has 2 saturated carbocycles. The number of fused-ring (bicyclic) bond motifs is 1. The molecule has 216 valence electrons. The number of aliphatic hydroxyl groups is 3. The van der Waals surface area contributed by atoms with Crippen LogP contribution >= 0.6 is 0 Å². The molecule has 1 heterocycles. The maximum absolute atomic E-state index is 13.3. The molecule has 1 aromatic heterocycles. The van der Waals surface area contributed by atoms with Gasteiger partial charge in [-0.3, -0.25) is 9.59 Å². The van der Waals surface area contributed by atoms with Crippen molar-refractivity contribution in [2.45, 2.75) is 88.9 Å². The minimum absolute atomic E-state index is 0.0277. The molecular formula is C30H38N2O8. The third-order valence-corrected chi connectivity index (χ3v) is 7.59. The van der Waals surface area contributed by atoms with Crippen molar-refractivity contribution in [2.75, 3.05) is 19.8 Å². The summed E-state index contributed by atoms with van der Waals surface area (Å²) in [5.41, 5.74) is -1.09. The van der Waals surface area contributed by atoms with E-state index in [0.29, 0.717) is 42.2 Å². The average molecular weight is 555 g/mol. The van der Waals surface area contributed by atoms with Crippen molar-refractivity contribution in [3.05, 3.63) is 34.6 Å². The number of rotatable bonds is 9. The molecule has 2 amide bonds. The molecular weight excluding hydrogens is 516 g/mol. The Hall–Kier alpha value is -3.39. The van der Waals surface area contributed by atoms with E-state index in [1.807, 2.05) is 0 Å². The lowest BCUT2D eigenvalue weighted by Crippen LogP contribution is -2.48. The van der Waals surface area contributed by atoms with Crippen LogP contribution < -0.4 is 10.6 Å². The topological polar surface area (TPSA) is 158 Å². The van der Waals surface area contributed by atoms with Crippen molar-refractivity contribution in [1.82, 2.24) is 10.6 Å². The molecule has 2 aliphatic carbocycles. The van der Waals surface area contributed by atoms with Crippen molar-refractivity contribution in [3.8, 4) is 11.8 Å². The first-order chi connectivity index (χ1) is 19.1. The van der Waals surface area contributed by atoms with E-state index in [4.69, 9.17) is 14.3 Å². The Kier molecular flexibility index (Phi) is 9.19. The molecule has 4 rings (SSSR count). The fourth-order valence-corrected chi connectivity index (χ4v) is 5.65. The van der Waals surface area contributed by atoms with Crippen molar-refractivity contribution < 1.29 is 38.9 Å². The van der Waals surface area contributed by atoms with Gasteiger partial charge in [0, 0.05) is 25.3 Å². The van der Waals surface area contributed by atoms with Crippen LogP contribution in [-0.4, -0.2) is 64.5 Å². The minimum Gasteiger partial charge on any atom is -0.462 e. The average Bonchev–Trinajstić information content (AvgIpc) is 3.64. The first-order valence-electron chi connectivity index (χ1n) is 14.0. The Bertz CT molecular complexity index is 1320. The standard InChI is InChI=1S/C30H38N2O8/c1-3-39-28(36)24-22-17-20(18-23(32-19(2)34)27(35)31-14-15-33)16-21(8-13-29(37)9-4-5-10-29)25(22)40-26(24)30(38)11-6-7-12-30/h16-17,23,33,37-38H,3-7,9-12,14-15,18H2,1-2H3,(H,31,35)(H,32,34)/t23-/m0/s1. The highest BCUT2D eigenvalue weighted by atomic mass is 16.5. The lowest BCUT2D eigenvalue weighted by molar-refractivity contribution is -0.128. The number of benzene rings is 1. The molecule has 2 aliphatic rings. The molecule has 5 N–H and O–H groups in total. The molecule has 2 aromatic rings. The summed E-state index contributed by atoms with van der Waals surface area (Å²) in [6, 6.07) is 2.44. The SMILES string of the molecule is CCOC(=O)c1c(C2(O)CCCC2)oc2c(C#CC3(O)CCCC3)cc(C[C@H](NC(C)=O)C(=O)NCCO)cc12. The van der Waals surface area contributed by atoms with E-state index in [1.165, 1.54) is 6.92 Å². The van der Waals surface area contributed by atoms with Crippen molar-refractivity contribution in [3.63, 3.8) is 0 Å². The van der Waals surface area contributed by atoms with Crippen LogP contribution in [0.3, 0.4) is 0 Å². The van der Waals surface area contributed by atoms with Crippen LogP contribution in [0.25, 0.3) is 11.0 Å². The zero-order valence-corrected chi connectivity index (χ0v) is 23.1. The van der Waals surface area contributed by atoms with Crippen LogP contribution in [0.2, 0.25) is 0 Å². The molecule has 40 heavy (non-hydrogen) atoms. The highest BCUT2D eigenvalue weighted by molar-refractivity contribution is 6.06. The van der Waals surface area contributed by atoms with Gasteiger partial charge in [-0.15, -0.1) is 0 Å². The molecule has 0 saturated heterocycles. The van der Waals surface area contributed by atoms with Crippen molar-refractivity contribution >= 4 is 28.8 Å². The molecule has 1 atom stereocenters. The number of carbonyl (C=O) groups excluding carboxylic acids is 3. The van der Waals surface area contributed by atoms with E-state index in [0.717, 1.165) is 25.7 Å². The molecule has 0 spiro atoms. The predicted octanol–water partition coefficient (Wildman–Crippen LogP) is 2.18. The largest absolute Gasteiger partial charge is 0.462 e. The molecule has 2 fully saturated rings. The Morgan fingerprint density at radius 2 is 1.77 bits per heavy atom. The molecule has 0 aliphatic heterocycles. The van der Waals surface area contributed by atoms with Crippen LogP contribution in [0, 0.1) is 11.8 Å². The smallest absolute Gasteiger partial charge is 0.342 e. The number of amides is 2. The van der Waals surface area contributed by atoms with Crippen LogP contribution in [0.1, 0.15) is 92.5 Å². The second-order valence-electron chi connectivity index (χ2n) is 10.7. The summed E-state index contributed by atoms with van der Waals surface area (Å²) in [4.78, 5) is 37.9. The van der Waals surface area contributed by atoms with Gasteiger partial charge in [-0.05, 0) is 76.0 Å². The monoisotopic (exact) mass is 554 g/mol. The summed E-state index contributed by atoms with van der Waals surface area (Å²) in [5, 5.41) is 37.1. The zero-order valence-electron chi connectivity index (χ0n) is 23.1. The molecule has 10 nitrogen and oxygen atoms in total. The summed E-state index contributed by atoms with van der Waals surface area (Å²) >= 11 is 0. The third-order valence-electron chi connectivity index (χ3n) is 7.59. The fourth-order valence-electron chi connectivity index (χ4n) is 5.65. The summed E-state index contributed by atoms with van der Waals surface area (Å²) in [6.07, 6.45) is 5.32. The second kappa shape index (κ2) is 12.4. The molecule has 0 bridgehead atoms. The zero-order chi connectivity index (χ0) is 28.9. The number of esters is 1. The summed E-state index contributed by atoms with van der Waals surface area (Å²) in [7, 11) is 0. The second-order valence-corrected chi connectivity index (χ2v) is 10.7. The Labute approximate surface area is 233 Å². The number of nitrogens with one attached hydrogen (secondary N) is 2. The molecule has 0 radical (unpaired) electrons. The van der Waals surface area contributed by atoms with E-state index in [2.05, 4.69) is 22.5 Å². The van der Waals surface area contributed by atoms with Gasteiger partial charge in [0.1, 0.15) is 22.8 Å². The summed E-state index contributed by atoms with van der Waals surface area (Å²) in [5.74, 6) is 4.65. The van der Waals surface area contributed by atoms with Gasteiger partial charge in [0.2, 0.25) is 11.8 Å². The lowest BCUT2D eigenvalue weighted by atomic mass is 9.93. The van der Waals surface area contributed by atoms with E-state index < -0.39 is 35.0 Å². The van der Waals surface area contributed by atoms with E-state index in [1.54, 1.807) is 19.1 Å². The quantitative estimate of drug-likeness (QED) is 0.233. The Morgan fingerprint density at radius 1 is 1.10 bits per heavy atom.